The van der Waals surface area contributed by atoms with E-state index in [1.165, 1.54) is 12.0 Å². The van der Waals surface area contributed by atoms with Crippen molar-refractivity contribution in [2.45, 2.75) is 51.2 Å². The molecule has 1 unspecified atom stereocenters. The Morgan fingerprint density at radius 1 is 1.48 bits per heavy atom. The number of nitrogens with zero attached hydrogens (tertiary/aromatic N) is 4. The van der Waals surface area contributed by atoms with E-state index in [1.807, 2.05) is 29.9 Å². The fourth-order valence-electron chi connectivity index (χ4n) is 4.58. The minimum atomic E-state index is -0.210. The third kappa shape index (κ3) is 4.82. The number of rotatable bonds is 6. The van der Waals surface area contributed by atoms with E-state index in [0.29, 0.717) is 18.5 Å². The first-order valence-corrected chi connectivity index (χ1v) is 10.3. The first-order chi connectivity index (χ1) is 12.9. The summed E-state index contributed by atoms with van der Waals surface area (Å²) >= 11 is 0. The molecule has 1 N–H and O–H groups in total. The Labute approximate surface area is 163 Å². The van der Waals surface area contributed by atoms with E-state index in [1.54, 1.807) is 0 Å². The van der Waals surface area contributed by atoms with Crippen molar-refractivity contribution in [3.63, 3.8) is 0 Å². The summed E-state index contributed by atoms with van der Waals surface area (Å²) in [4.78, 5) is 17.0. The van der Waals surface area contributed by atoms with Gasteiger partial charge in [0, 0.05) is 51.6 Å². The van der Waals surface area contributed by atoms with Crippen LogP contribution in [0, 0.1) is 5.92 Å². The van der Waals surface area contributed by atoms with E-state index >= 15 is 0 Å². The number of ether oxygens (including phenoxy) is 1. The molecule has 152 valence electrons. The first-order valence-electron chi connectivity index (χ1n) is 10.3. The van der Waals surface area contributed by atoms with Gasteiger partial charge in [-0.3, -0.25) is 9.58 Å². The third-order valence-electron chi connectivity index (χ3n) is 6.10. The minimum absolute atomic E-state index is 0.00900. The molecule has 7 heteroatoms. The Morgan fingerprint density at radius 3 is 2.93 bits per heavy atom. The van der Waals surface area contributed by atoms with Crippen molar-refractivity contribution in [2.24, 2.45) is 13.0 Å². The maximum absolute atomic E-state index is 12.6. The second-order valence-electron chi connectivity index (χ2n) is 8.36. The largest absolute Gasteiger partial charge is 0.373 e. The summed E-state index contributed by atoms with van der Waals surface area (Å²) in [6, 6.07) is 0.314. The predicted octanol–water partition coefficient (Wildman–Crippen LogP) is 2.40. The number of hydrogen-bond donors (Lipinski definition) is 1. The van der Waals surface area contributed by atoms with Crippen LogP contribution in [-0.4, -0.2) is 71.0 Å². The van der Waals surface area contributed by atoms with Gasteiger partial charge in [0.05, 0.1) is 11.8 Å². The summed E-state index contributed by atoms with van der Waals surface area (Å²) in [6.07, 6.45) is 8.48. The molecule has 0 spiro atoms. The van der Waals surface area contributed by atoms with Crippen LogP contribution in [0.1, 0.15) is 51.1 Å². The topological polar surface area (TPSA) is 62.6 Å². The molecule has 1 aromatic rings. The molecule has 7 nitrogen and oxygen atoms in total. The number of likely N-dealkylation sites (tertiary alicyclic amines) is 1. The number of nitrogens with one attached hydrogen (secondary N) is 1. The number of carbonyl (C=O) groups excluding carboxylic acids is 1. The summed E-state index contributed by atoms with van der Waals surface area (Å²) in [7, 11) is 3.86. The van der Waals surface area contributed by atoms with Gasteiger partial charge in [-0.1, -0.05) is 6.92 Å². The van der Waals surface area contributed by atoms with E-state index in [2.05, 4.69) is 35.4 Å². The van der Waals surface area contributed by atoms with Crippen molar-refractivity contribution in [1.82, 2.24) is 24.9 Å². The molecule has 2 fully saturated rings. The van der Waals surface area contributed by atoms with Gasteiger partial charge in [0.25, 0.3) is 0 Å². The van der Waals surface area contributed by atoms with E-state index < -0.39 is 0 Å². The molecule has 27 heavy (non-hydrogen) atoms. The normalized spacial score (nSPS) is 29.0. The molecule has 1 aromatic heterocycles. The van der Waals surface area contributed by atoms with Crippen LogP contribution in [0.2, 0.25) is 0 Å². The number of piperidine rings is 1. The van der Waals surface area contributed by atoms with E-state index in [4.69, 9.17) is 4.74 Å². The van der Waals surface area contributed by atoms with Crippen LogP contribution in [-0.2, 0) is 11.8 Å². The Hall–Kier alpha value is -1.60. The van der Waals surface area contributed by atoms with Crippen LogP contribution in [0.4, 0.5) is 4.79 Å². The fourth-order valence-corrected chi connectivity index (χ4v) is 4.58. The fraction of sp³-hybridized carbons (Fsp3) is 0.800. The highest BCUT2D eigenvalue weighted by Crippen LogP contribution is 2.36. The Kier molecular flexibility index (Phi) is 6.42. The molecule has 2 amide bonds. The average Bonchev–Trinajstić information content (AvgIpc) is 3.28. The highest BCUT2D eigenvalue weighted by atomic mass is 16.5. The zero-order valence-corrected chi connectivity index (χ0v) is 17.3. The minimum Gasteiger partial charge on any atom is -0.373 e. The van der Waals surface area contributed by atoms with Crippen LogP contribution in [0.25, 0.3) is 0 Å². The molecule has 0 aliphatic carbocycles. The van der Waals surface area contributed by atoms with Crippen molar-refractivity contribution in [3.05, 3.63) is 18.0 Å². The van der Waals surface area contributed by atoms with Crippen LogP contribution in [0.15, 0.2) is 12.4 Å². The first kappa shape index (κ1) is 20.1. The van der Waals surface area contributed by atoms with Gasteiger partial charge < -0.3 is 15.0 Å². The summed E-state index contributed by atoms with van der Waals surface area (Å²) in [6.45, 7) is 8.54. The van der Waals surface area contributed by atoms with Gasteiger partial charge in [-0.05, 0) is 51.6 Å². The zero-order valence-electron chi connectivity index (χ0n) is 17.3. The lowest BCUT2D eigenvalue weighted by atomic mass is 9.85. The number of amides is 2. The Balaban J connectivity index is 1.61. The van der Waals surface area contributed by atoms with E-state index in [0.717, 1.165) is 45.5 Å². The highest BCUT2D eigenvalue weighted by molar-refractivity contribution is 5.73. The van der Waals surface area contributed by atoms with Crippen molar-refractivity contribution in [3.8, 4) is 0 Å². The monoisotopic (exact) mass is 377 g/mol. The molecule has 3 rings (SSSR count). The van der Waals surface area contributed by atoms with Gasteiger partial charge in [-0.15, -0.1) is 0 Å². The van der Waals surface area contributed by atoms with Gasteiger partial charge in [0.1, 0.15) is 0 Å². The van der Waals surface area contributed by atoms with E-state index in [-0.39, 0.29) is 11.6 Å². The number of carbonyl (C=O) groups is 1. The van der Waals surface area contributed by atoms with Gasteiger partial charge in [0.2, 0.25) is 0 Å². The number of aryl methyl sites for hydroxylation is 1. The van der Waals surface area contributed by atoms with Crippen molar-refractivity contribution < 1.29 is 9.53 Å². The van der Waals surface area contributed by atoms with Gasteiger partial charge in [-0.25, -0.2) is 4.79 Å². The van der Waals surface area contributed by atoms with Crippen LogP contribution in [0.5, 0.6) is 0 Å². The molecule has 0 bridgehead atoms. The number of hydrogen-bond acceptors (Lipinski definition) is 4. The van der Waals surface area contributed by atoms with Crippen molar-refractivity contribution in [2.75, 3.05) is 39.8 Å². The SMILES string of the molecule is CCN1CCC[C@@H](CN(C)C(=O)NCC2(C)CCCO2)[C@@H]1c1cnn(C)c1. The molecule has 2 aliphatic heterocycles. The lowest BCUT2D eigenvalue weighted by molar-refractivity contribution is 0.0215. The molecule has 3 atom stereocenters. The predicted molar refractivity (Wildman–Crippen MR) is 106 cm³/mol. The average molecular weight is 378 g/mol. The van der Waals surface area contributed by atoms with Crippen LogP contribution < -0.4 is 5.32 Å². The second kappa shape index (κ2) is 8.61. The highest BCUT2D eigenvalue weighted by Gasteiger charge is 2.35. The summed E-state index contributed by atoms with van der Waals surface area (Å²) in [5, 5.41) is 7.44. The van der Waals surface area contributed by atoms with E-state index in [9.17, 15) is 4.79 Å². The molecule has 2 aliphatic rings. The molecule has 0 saturated carbocycles. The number of urea groups is 1. The van der Waals surface area contributed by atoms with Crippen LogP contribution >= 0.6 is 0 Å². The summed E-state index contributed by atoms with van der Waals surface area (Å²) < 4.78 is 7.65. The van der Waals surface area contributed by atoms with Crippen LogP contribution in [0.3, 0.4) is 0 Å². The molecular formula is C20H35N5O2. The molecule has 0 aromatic carbocycles. The van der Waals surface area contributed by atoms with Gasteiger partial charge >= 0.3 is 6.03 Å². The zero-order chi connectivity index (χ0) is 19.4. The van der Waals surface area contributed by atoms with Gasteiger partial charge in [-0.2, -0.15) is 5.10 Å². The lowest BCUT2D eigenvalue weighted by Gasteiger charge is -2.42. The molecular weight excluding hydrogens is 342 g/mol. The third-order valence-corrected chi connectivity index (χ3v) is 6.10. The lowest BCUT2D eigenvalue weighted by Crippen LogP contribution is -2.48. The maximum Gasteiger partial charge on any atom is 0.317 e. The van der Waals surface area contributed by atoms with Crippen molar-refractivity contribution >= 4 is 6.03 Å². The van der Waals surface area contributed by atoms with Crippen molar-refractivity contribution in [1.29, 1.82) is 0 Å². The summed E-state index contributed by atoms with van der Waals surface area (Å²) in [5.41, 5.74) is 1.04. The maximum atomic E-state index is 12.6. The summed E-state index contributed by atoms with van der Waals surface area (Å²) in [5.74, 6) is 0.414. The van der Waals surface area contributed by atoms with Gasteiger partial charge in [0.15, 0.2) is 0 Å². The number of aromatic nitrogens is 2. The molecule has 3 heterocycles. The quantitative estimate of drug-likeness (QED) is 0.827. The standard InChI is InChI=1S/C20H35N5O2/c1-5-25-10-6-8-16(18(25)17-12-22-24(4)14-17)13-23(3)19(26)21-15-20(2)9-7-11-27-20/h12,14,16,18H,5-11,13,15H2,1-4H3,(H,21,26)/t16-,18+,20?/m0/s1. The Morgan fingerprint density at radius 2 is 2.30 bits per heavy atom. The second-order valence-corrected chi connectivity index (χ2v) is 8.36. The Bertz CT molecular complexity index is 626. The molecule has 2 saturated heterocycles. The molecule has 0 radical (unpaired) electrons. The smallest absolute Gasteiger partial charge is 0.317 e.